The van der Waals surface area contributed by atoms with Gasteiger partial charge in [-0.05, 0) is 25.3 Å². The van der Waals surface area contributed by atoms with Gasteiger partial charge in [-0.25, -0.2) is 0 Å². The normalized spacial score (nSPS) is 24.1. The number of hydrogen-bond acceptors (Lipinski definition) is 5. The molecule has 6 nitrogen and oxygen atoms in total. The van der Waals surface area contributed by atoms with Gasteiger partial charge in [-0.3, -0.25) is 10.1 Å². The number of nitrogens with zero attached hydrogens (tertiary/aromatic N) is 1. The summed E-state index contributed by atoms with van der Waals surface area (Å²) in [4.78, 5) is 10.4. The first-order valence-corrected chi connectivity index (χ1v) is 9.07. The molecular weight excluding hydrogens is 320 g/mol. The standard InChI is InChI=1S/C19H28N2O4/c1-14(15-4-6-17(7-5-15)21(22)23)20-16-8-10-19(11-9-16)24-12-18(2,3)13-25-19/h4-7,14,16,20H,8-13H2,1-3H3. The van der Waals surface area contributed by atoms with E-state index in [0.29, 0.717) is 6.04 Å². The van der Waals surface area contributed by atoms with Gasteiger partial charge in [0.1, 0.15) is 0 Å². The average Bonchev–Trinajstić information content (AvgIpc) is 2.60. The fourth-order valence-corrected chi connectivity index (χ4v) is 3.58. The number of nitro groups is 1. The van der Waals surface area contributed by atoms with Crippen molar-refractivity contribution < 1.29 is 14.4 Å². The molecule has 3 rings (SSSR count). The highest BCUT2D eigenvalue weighted by atomic mass is 16.7. The van der Waals surface area contributed by atoms with Crippen molar-refractivity contribution in [1.82, 2.24) is 5.32 Å². The molecule has 0 bridgehead atoms. The Bertz CT molecular complexity index is 594. The predicted molar refractivity (Wildman–Crippen MR) is 95.3 cm³/mol. The van der Waals surface area contributed by atoms with E-state index in [-0.39, 0.29) is 27.9 Å². The molecule has 1 saturated heterocycles. The maximum atomic E-state index is 10.8. The van der Waals surface area contributed by atoms with Crippen LogP contribution in [0.3, 0.4) is 0 Å². The number of nitrogens with one attached hydrogen (secondary N) is 1. The zero-order valence-electron chi connectivity index (χ0n) is 15.3. The lowest BCUT2D eigenvalue weighted by molar-refractivity contribution is -0.384. The third-order valence-electron chi connectivity index (χ3n) is 5.29. The van der Waals surface area contributed by atoms with Crippen molar-refractivity contribution in [1.29, 1.82) is 0 Å². The first-order chi connectivity index (χ1) is 11.8. The molecular formula is C19H28N2O4. The molecule has 0 radical (unpaired) electrons. The van der Waals surface area contributed by atoms with Crippen LogP contribution in [-0.2, 0) is 9.47 Å². The fourth-order valence-electron chi connectivity index (χ4n) is 3.58. The Hall–Kier alpha value is -1.50. The van der Waals surface area contributed by atoms with Gasteiger partial charge in [0.05, 0.1) is 18.1 Å². The van der Waals surface area contributed by atoms with Crippen molar-refractivity contribution in [2.45, 2.75) is 64.3 Å². The Morgan fingerprint density at radius 1 is 1.16 bits per heavy atom. The summed E-state index contributed by atoms with van der Waals surface area (Å²) in [6.07, 6.45) is 3.84. The van der Waals surface area contributed by atoms with E-state index in [9.17, 15) is 10.1 Å². The largest absolute Gasteiger partial charge is 0.349 e. The Labute approximate surface area is 149 Å². The van der Waals surface area contributed by atoms with Gasteiger partial charge in [0.25, 0.3) is 5.69 Å². The second-order valence-corrected chi connectivity index (χ2v) is 8.16. The Morgan fingerprint density at radius 3 is 2.24 bits per heavy atom. The molecule has 1 atom stereocenters. The van der Waals surface area contributed by atoms with Gasteiger partial charge >= 0.3 is 0 Å². The van der Waals surface area contributed by atoms with Crippen LogP contribution in [0.2, 0.25) is 0 Å². The molecule has 1 aliphatic carbocycles. The molecule has 1 heterocycles. The highest BCUT2D eigenvalue weighted by Gasteiger charge is 2.43. The first-order valence-electron chi connectivity index (χ1n) is 9.07. The molecule has 6 heteroatoms. The minimum absolute atomic E-state index is 0.102. The molecule has 1 saturated carbocycles. The topological polar surface area (TPSA) is 73.6 Å². The summed E-state index contributed by atoms with van der Waals surface area (Å²) in [7, 11) is 0. The van der Waals surface area contributed by atoms with Crippen LogP contribution in [0.15, 0.2) is 24.3 Å². The minimum Gasteiger partial charge on any atom is -0.349 e. The molecule has 1 aromatic rings. The van der Waals surface area contributed by atoms with E-state index in [1.165, 1.54) is 0 Å². The van der Waals surface area contributed by atoms with E-state index < -0.39 is 0 Å². The zero-order valence-corrected chi connectivity index (χ0v) is 15.3. The van der Waals surface area contributed by atoms with E-state index in [2.05, 4.69) is 26.1 Å². The average molecular weight is 348 g/mol. The summed E-state index contributed by atoms with van der Waals surface area (Å²) in [5.74, 6) is -0.385. The molecule has 0 amide bonds. The molecule has 138 valence electrons. The number of ether oxygens (including phenoxy) is 2. The lowest BCUT2D eigenvalue weighted by Crippen LogP contribution is -2.51. The van der Waals surface area contributed by atoms with E-state index in [4.69, 9.17) is 9.47 Å². The smallest absolute Gasteiger partial charge is 0.269 e. The summed E-state index contributed by atoms with van der Waals surface area (Å²) in [6, 6.07) is 7.36. The van der Waals surface area contributed by atoms with Crippen molar-refractivity contribution in [3.63, 3.8) is 0 Å². The number of rotatable bonds is 4. The summed E-state index contributed by atoms with van der Waals surface area (Å²) in [5.41, 5.74) is 1.30. The molecule has 1 unspecified atom stereocenters. The third-order valence-corrected chi connectivity index (χ3v) is 5.29. The van der Waals surface area contributed by atoms with Crippen molar-refractivity contribution >= 4 is 5.69 Å². The minimum atomic E-state index is -0.385. The maximum absolute atomic E-state index is 10.8. The van der Waals surface area contributed by atoms with Crippen LogP contribution in [0.25, 0.3) is 0 Å². The van der Waals surface area contributed by atoms with Gasteiger partial charge in [-0.1, -0.05) is 26.0 Å². The zero-order chi connectivity index (χ0) is 18.1. The Balaban J connectivity index is 1.51. The van der Waals surface area contributed by atoms with Gasteiger partial charge in [-0.2, -0.15) is 0 Å². The number of nitro benzene ring substituents is 1. The number of benzene rings is 1. The predicted octanol–water partition coefficient (Wildman–Crippen LogP) is 3.96. The van der Waals surface area contributed by atoms with Crippen molar-refractivity contribution in [3.8, 4) is 0 Å². The Morgan fingerprint density at radius 2 is 1.72 bits per heavy atom. The molecule has 1 spiro atoms. The molecule has 2 aliphatic rings. The van der Waals surface area contributed by atoms with Gasteiger partial charge in [0.15, 0.2) is 5.79 Å². The maximum Gasteiger partial charge on any atom is 0.269 e. The van der Waals surface area contributed by atoms with Crippen LogP contribution in [-0.4, -0.2) is 30.0 Å². The summed E-state index contributed by atoms with van der Waals surface area (Å²) < 4.78 is 12.2. The van der Waals surface area contributed by atoms with Crippen LogP contribution in [0.4, 0.5) is 5.69 Å². The van der Waals surface area contributed by atoms with Crippen LogP contribution < -0.4 is 5.32 Å². The van der Waals surface area contributed by atoms with Gasteiger partial charge < -0.3 is 14.8 Å². The fraction of sp³-hybridized carbons (Fsp3) is 0.684. The van der Waals surface area contributed by atoms with Crippen LogP contribution in [0, 0.1) is 15.5 Å². The van der Waals surface area contributed by atoms with Crippen LogP contribution in [0.5, 0.6) is 0 Å². The van der Waals surface area contributed by atoms with Gasteiger partial charge in [-0.15, -0.1) is 0 Å². The molecule has 1 N–H and O–H groups in total. The SMILES string of the molecule is CC(NC1CCC2(CC1)OCC(C)(C)CO2)c1ccc([N+](=O)[O-])cc1. The van der Waals surface area contributed by atoms with Crippen molar-refractivity contribution in [2.24, 2.45) is 5.41 Å². The summed E-state index contributed by atoms with van der Waals surface area (Å²) in [6.45, 7) is 7.94. The molecule has 25 heavy (non-hydrogen) atoms. The second-order valence-electron chi connectivity index (χ2n) is 8.16. The lowest BCUT2D eigenvalue weighted by Gasteiger charge is -2.47. The number of hydrogen-bond donors (Lipinski definition) is 1. The van der Waals surface area contributed by atoms with Crippen molar-refractivity contribution in [2.75, 3.05) is 13.2 Å². The first kappa shape index (κ1) is 18.3. The van der Waals surface area contributed by atoms with Gasteiger partial charge in [0, 0.05) is 42.5 Å². The van der Waals surface area contributed by atoms with Gasteiger partial charge in [0.2, 0.25) is 0 Å². The van der Waals surface area contributed by atoms with E-state index >= 15 is 0 Å². The second kappa shape index (κ2) is 7.02. The van der Waals surface area contributed by atoms with Crippen molar-refractivity contribution in [3.05, 3.63) is 39.9 Å². The quantitative estimate of drug-likeness (QED) is 0.658. The highest BCUT2D eigenvalue weighted by Crippen LogP contribution is 2.39. The van der Waals surface area contributed by atoms with E-state index in [1.54, 1.807) is 12.1 Å². The monoisotopic (exact) mass is 348 g/mol. The van der Waals surface area contributed by atoms with E-state index in [1.807, 2.05) is 12.1 Å². The number of non-ortho nitro benzene ring substituents is 1. The van der Waals surface area contributed by atoms with E-state index in [0.717, 1.165) is 44.5 Å². The van der Waals surface area contributed by atoms with Crippen LogP contribution >= 0.6 is 0 Å². The molecule has 1 aliphatic heterocycles. The molecule has 0 aromatic heterocycles. The molecule has 1 aromatic carbocycles. The highest BCUT2D eigenvalue weighted by molar-refractivity contribution is 5.34. The molecule has 2 fully saturated rings. The Kier molecular flexibility index (Phi) is 5.14. The van der Waals surface area contributed by atoms with Crippen LogP contribution in [0.1, 0.15) is 58.1 Å². The lowest BCUT2D eigenvalue weighted by atomic mass is 9.86. The summed E-state index contributed by atoms with van der Waals surface area (Å²) in [5, 5.41) is 14.4. The third kappa shape index (κ3) is 4.37. The summed E-state index contributed by atoms with van der Waals surface area (Å²) >= 11 is 0.